The maximum absolute atomic E-state index is 12.6. The van der Waals surface area contributed by atoms with E-state index in [1.807, 2.05) is 0 Å². The van der Waals surface area contributed by atoms with Gasteiger partial charge in [-0.05, 0) is 6.08 Å². The number of carbonyl (C=O) groups is 2. The number of hydrogen-bond acceptors (Lipinski definition) is 2. The third-order valence-electron chi connectivity index (χ3n) is 3.35. The summed E-state index contributed by atoms with van der Waals surface area (Å²) in [6.45, 7) is 0. The fourth-order valence-corrected chi connectivity index (χ4v) is 3.14. The van der Waals surface area contributed by atoms with Crippen LogP contribution in [0.3, 0.4) is 0 Å². The van der Waals surface area contributed by atoms with E-state index in [-0.39, 0.29) is 22.5 Å². The molecule has 20 heavy (non-hydrogen) atoms. The van der Waals surface area contributed by atoms with Gasteiger partial charge >= 0.3 is 0 Å². The molecule has 0 bridgehead atoms. The molecule has 0 N–H and O–H groups in total. The first-order chi connectivity index (χ1) is 9.27. The van der Waals surface area contributed by atoms with E-state index in [0.717, 1.165) is 0 Å². The molecule has 0 unspecified atom stereocenters. The molecule has 0 amide bonds. The second-order valence-electron chi connectivity index (χ2n) is 4.52. The van der Waals surface area contributed by atoms with Gasteiger partial charge in [0.15, 0.2) is 20.2 Å². The number of ketones is 2. The summed E-state index contributed by atoms with van der Waals surface area (Å²) in [5.41, 5.74) is 0.635. The van der Waals surface area contributed by atoms with Gasteiger partial charge < -0.3 is 0 Å². The summed E-state index contributed by atoms with van der Waals surface area (Å²) in [5.74, 6) is -0.754. The molecular weight excluding hydrogens is 342 g/mol. The SMILES string of the molecule is O=C1C2=C(C(=O)c3ccccc31)C(Cl)(Cl)C(Cl)(Cl)C=C2. The summed E-state index contributed by atoms with van der Waals surface area (Å²) in [5, 5.41) is 0. The Kier molecular flexibility index (Phi) is 3.07. The van der Waals surface area contributed by atoms with E-state index in [1.54, 1.807) is 24.3 Å². The predicted molar refractivity (Wildman–Crippen MR) is 80.1 cm³/mol. The van der Waals surface area contributed by atoms with Gasteiger partial charge in [-0.2, -0.15) is 0 Å². The highest BCUT2D eigenvalue weighted by Crippen LogP contribution is 2.54. The molecule has 0 spiro atoms. The minimum absolute atomic E-state index is 0.0722. The minimum Gasteiger partial charge on any atom is -0.289 e. The summed E-state index contributed by atoms with van der Waals surface area (Å²) in [6.07, 6.45) is 2.71. The smallest absolute Gasteiger partial charge is 0.194 e. The average Bonchev–Trinajstić information content (AvgIpc) is 2.39. The van der Waals surface area contributed by atoms with Gasteiger partial charge in [-0.15, -0.1) is 0 Å². The highest BCUT2D eigenvalue weighted by atomic mass is 35.5. The van der Waals surface area contributed by atoms with Crippen molar-refractivity contribution in [2.75, 3.05) is 0 Å². The summed E-state index contributed by atoms with van der Waals surface area (Å²) in [4.78, 5) is 25.0. The van der Waals surface area contributed by atoms with Crippen molar-refractivity contribution in [2.45, 2.75) is 8.67 Å². The van der Waals surface area contributed by atoms with Crippen LogP contribution in [0.4, 0.5) is 0 Å². The monoisotopic (exact) mass is 346 g/mol. The third kappa shape index (κ3) is 1.72. The van der Waals surface area contributed by atoms with Gasteiger partial charge in [-0.25, -0.2) is 0 Å². The largest absolute Gasteiger partial charge is 0.289 e. The van der Waals surface area contributed by atoms with E-state index in [4.69, 9.17) is 46.4 Å². The van der Waals surface area contributed by atoms with Crippen LogP contribution in [0.2, 0.25) is 0 Å². The Labute approximate surface area is 134 Å². The molecule has 0 aromatic heterocycles. The van der Waals surface area contributed by atoms with Crippen LogP contribution in [0.5, 0.6) is 0 Å². The van der Waals surface area contributed by atoms with Crippen LogP contribution in [0.15, 0.2) is 47.6 Å². The lowest BCUT2D eigenvalue weighted by atomic mass is 9.79. The van der Waals surface area contributed by atoms with Gasteiger partial charge in [0.2, 0.25) is 0 Å². The zero-order chi connectivity index (χ0) is 14.7. The normalized spacial score (nSPS) is 22.6. The number of benzene rings is 1. The molecule has 102 valence electrons. The second-order valence-corrected chi connectivity index (χ2v) is 7.24. The molecule has 2 aliphatic rings. The number of Topliss-reactive ketones (excluding diaryl/α,β-unsaturated/α-hetero) is 2. The first-order valence-corrected chi connectivity index (χ1v) is 7.16. The first-order valence-electron chi connectivity index (χ1n) is 5.65. The molecular formula is C14H6Cl4O2. The molecule has 1 aromatic carbocycles. The lowest BCUT2D eigenvalue weighted by molar-refractivity contribution is 0.0972. The number of rotatable bonds is 0. The number of allylic oxidation sites excluding steroid dienone is 4. The average molecular weight is 348 g/mol. The molecule has 0 atom stereocenters. The van der Waals surface area contributed by atoms with Crippen molar-refractivity contribution in [3.8, 4) is 0 Å². The maximum Gasteiger partial charge on any atom is 0.194 e. The number of alkyl halides is 4. The van der Waals surface area contributed by atoms with Crippen LogP contribution in [-0.4, -0.2) is 20.2 Å². The van der Waals surface area contributed by atoms with Gasteiger partial charge in [0.05, 0.1) is 5.57 Å². The van der Waals surface area contributed by atoms with Crippen LogP contribution in [-0.2, 0) is 0 Å². The highest BCUT2D eigenvalue weighted by Gasteiger charge is 2.55. The number of hydrogen-bond donors (Lipinski definition) is 0. The van der Waals surface area contributed by atoms with Gasteiger partial charge in [0, 0.05) is 16.7 Å². The standard InChI is InChI=1S/C14H6Cl4O2/c15-13(16)6-5-9-10(14(13,17)18)12(20)8-4-2-1-3-7(8)11(9)19/h1-6H. The van der Waals surface area contributed by atoms with Crippen molar-refractivity contribution < 1.29 is 9.59 Å². The van der Waals surface area contributed by atoms with Crippen molar-refractivity contribution >= 4 is 58.0 Å². The molecule has 3 rings (SSSR count). The molecule has 0 radical (unpaired) electrons. The number of fused-ring (bicyclic) bond motifs is 1. The lowest BCUT2D eigenvalue weighted by Crippen LogP contribution is -2.44. The molecule has 2 aliphatic carbocycles. The molecule has 2 nitrogen and oxygen atoms in total. The molecule has 0 fully saturated rings. The Morgan fingerprint density at radius 2 is 1.40 bits per heavy atom. The molecule has 6 heteroatoms. The van der Waals surface area contributed by atoms with Gasteiger partial charge in [0.1, 0.15) is 0 Å². The van der Waals surface area contributed by atoms with E-state index in [2.05, 4.69) is 0 Å². The van der Waals surface area contributed by atoms with Crippen molar-refractivity contribution in [1.82, 2.24) is 0 Å². The zero-order valence-corrected chi connectivity index (χ0v) is 12.8. The summed E-state index contributed by atoms with van der Waals surface area (Å²) < 4.78 is -3.57. The highest BCUT2D eigenvalue weighted by molar-refractivity contribution is 6.66. The Hall–Kier alpha value is -0.800. The summed E-state index contributed by atoms with van der Waals surface area (Å²) in [6, 6.07) is 6.48. The van der Waals surface area contributed by atoms with E-state index in [0.29, 0.717) is 5.56 Å². The van der Waals surface area contributed by atoms with E-state index in [9.17, 15) is 9.59 Å². The maximum atomic E-state index is 12.6. The van der Waals surface area contributed by atoms with Crippen molar-refractivity contribution in [3.63, 3.8) is 0 Å². The lowest BCUT2D eigenvalue weighted by Gasteiger charge is -2.37. The Morgan fingerprint density at radius 1 is 0.850 bits per heavy atom. The zero-order valence-electron chi connectivity index (χ0n) is 9.79. The van der Waals surface area contributed by atoms with Crippen molar-refractivity contribution in [3.05, 3.63) is 58.7 Å². The quantitative estimate of drug-likeness (QED) is 0.656. The minimum atomic E-state index is -1.89. The molecule has 1 aromatic rings. The molecule has 0 saturated carbocycles. The Bertz CT molecular complexity index is 714. The molecule has 0 saturated heterocycles. The summed E-state index contributed by atoms with van der Waals surface area (Å²) in [7, 11) is 0. The van der Waals surface area contributed by atoms with Crippen LogP contribution < -0.4 is 0 Å². The van der Waals surface area contributed by atoms with Gasteiger partial charge in [-0.1, -0.05) is 76.7 Å². The Morgan fingerprint density at radius 3 is 2.00 bits per heavy atom. The van der Waals surface area contributed by atoms with Crippen LogP contribution in [0, 0.1) is 0 Å². The summed E-state index contributed by atoms with van der Waals surface area (Å²) >= 11 is 24.4. The molecule has 0 aliphatic heterocycles. The van der Waals surface area contributed by atoms with Crippen LogP contribution in [0.1, 0.15) is 20.7 Å². The number of carbonyl (C=O) groups excluding carboxylic acids is 2. The van der Waals surface area contributed by atoms with E-state index < -0.39 is 14.4 Å². The van der Waals surface area contributed by atoms with E-state index >= 15 is 0 Å². The number of halogens is 4. The second kappa shape index (κ2) is 4.35. The Balaban J connectivity index is 2.30. The van der Waals surface area contributed by atoms with Gasteiger partial charge in [-0.3, -0.25) is 9.59 Å². The van der Waals surface area contributed by atoms with Crippen LogP contribution in [0.25, 0.3) is 0 Å². The fourth-order valence-electron chi connectivity index (χ4n) is 2.32. The molecule has 0 heterocycles. The first kappa shape index (κ1) is 14.2. The van der Waals surface area contributed by atoms with Crippen molar-refractivity contribution in [1.29, 1.82) is 0 Å². The predicted octanol–water partition coefficient (Wildman–Crippen LogP) is 4.28. The van der Waals surface area contributed by atoms with E-state index in [1.165, 1.54) is 12.2 Å². The van der Waals surface area contributed by atoms with Gasteiger partial charge in [0.25, 0.3) is 0 Å². The van der Waals surface area contributed by atoms with Crippen molar-refractivity contribution in [2.24, 2.45) is 0 Å². The topological polar surface area (TPSA) is 34.1 Å². The van der Waals surface area contributed by atoms with Crippen LogP contribution >= 0.6 is 46.4 Å². The fraction of sp³-hybridized carbons (Fsp3) is 0.143. The third-order valence-corrected chi connectivity index (χ3v) is 5.53.